The normalized spacial score (nSPS) is 22.5. The van der Waals surface area contributed by atoms with E-state index < -0.39 is 0 Å². The topological polar surface area (TPSA) is 3.88 Å². The molecule has 0 fully saturated rings. The van der Waals surface area contributed by atoms with E-state index in [1.807, 2.05) is 0 Å². The van der Waals surface area contributed by atoms with Crippen LogP contribution in [0.2, 0.25) is 0 Å². The van der Waals surface area contributed by atoms with Crippen molar-refractivity contribution < 1.29 is 4.57 Å². The highest BCUT2D eigenvalue weighted by molar-refractivity contribution is 5.56. The van der Waals surface area contributed by atoms with Crippen LogP contribution in [0.15, 0.2) is 112 Å². The molecule has 1 aromatic rings. The molecule has 0 saturated carbocycles. The van der Waals surface area contributed by atoms with E-state index in [0.717, 1.165) is 6.42 Å². The van der Waals surface area contributed by atoms with E-state index in [1.165, 1.54) is 78.5 Å². The van der Waals surface area contributed by atoms with Crippen molar-refractivity contribution in [3.05, 3.63) is 123 Å². The Morgan fingerprint density at radius 2 is 1.50 bits per heavy atom. The number of nitrogens with zero attached hydrogens (tertiary/aromatic N) is 1. The van der Waals surface area contributed by atoms with Gasteiger partial charge in [0.15, 0.2) is 6.20 Å². The van der Waals surface area contributed by atoms with Gasteiger partial charge in [0.2, 0.25) is 5.69 Å². The van der Waals surface area contributed by atoms with Gasteiger partial charge in [-0.05, 0) is 119 Å². The largest absolute Gasteiger partial charge is 0.205 e. The molecule has 1 unspecified atom stereocenters. The third-order valence-corrected chi connectivity index (χ3v) is 9.93. The third kappa shape index (κ3) is 10.2. The third-order valence-electron chi connectivity index (χ3n) is 9.93. The molecule has 0 spiro atoms. The maximum absolute atomic E-state index is 2.44. The van der Waals surface area contributed by atoms with E-state index in [-0.39, 0.29) is 5.41 Å². The molecule has 2 aliphatic carbocycles. The van der Waals surface area contributed by atoms with Crippen LogP contribution in [0.25, 0.3) is 12.2 Å². The van der Waals surface area contributed by atoms with E-state index in [1.54, 1.807) is 16.7 Å². The van der Waals surface area contributed by atoms with Crippen molar-refractivity contribution in [2.24, 2.45) is 17.9 Å². The SMILES string of the molecule is CCC1(C)CCCC(C)=C1/C=C/C(C)=C/C/C=C/c1cc[n+](C)c(/C=C(C)/C=C/C=C(C)/C=C/C2=C(C)CCCC2(C)C)c1. The highest BCUT2D eigenvalue weighted by Gasteiger charge is 2.29. The molecule has 1 aromatic heterocycles. The zero-order valence-electron chi connectivity index (χ0n) is 29.7. The first-order chi connectivity index (χ1) is 20.8. The molecule has 1 atom stereocenters. The summed E-state index contributed by atoms with van der Waals surface area (Å²) in [5.41, 5.74) is 13.1. The quantitative estimate of drug-likeness (QED) is 0.178. The Morgan fingerprint density at radius 1 is 0.841 bits per heavy atom. The Morgan fingerprint density at radius 3 is 2.20 bits per heavy atom. The summed E-state index contributed by atoms with van der Waals surface area (Å²) >= 11 is 0. The minimum absolute atomic E-state index is 0.281. The van der Waals surface area contributed by atoms with Crippen LogP contribution in [0, 0.1) is 10.8 Å². The Hall–Kier alpha value is -3.19. The Balaban J connectivity index is 1.61. The number of aromatic nitrogens is 1. The second-order valence-electron chi connectivity index (χ2n) is 14.3. The van der Waals surface area contributed by atoms with Crippen molar-refractivity contribution in [1.82, 2.24) is 0 Å². The number of rotatable bonds is 11. The van der Waals surface area contributed by atoms with Crippen molar-refractivity contribution >= 4 is 12.2 Å². The van der Waals surface area contributed by atoms with Gasteiger partial charge < -0.3 is 0 Å². The molecule has 0 radical (unpaired) electrons. The lowest BCUT2D eigenvalue weighted by Crippen LogP contribution is -2.31. The predicted octanol–water partition coefficient (Wildman–Crippen LogP) is 12.3. The van der Waals surface area contributed by atoms with Crippen LogP contribution in [0.3, 0.4) is 0 Å². The first-order valence-corrected chi connectivity index (χ1v) is 17.0. The van der Waals surface area contributed by atoms with Crippen molar-refractivity contribution in [3.63, 3.8) is 0 Å². The second kappa shape index (κ2) is 16.2. The number of aryl methyl sites for hydroxylation is 1. The second-order valence-corrected chi connectivity index (χ2v) is 14.3. The standard InChI is InChI=1S/C43H60N/c1-11-43(9)29-16-21-37(6)41(43)26-24-33(2)17-12-13-22-38-27-30-44(10)39(32-38)31-35(4)19-14-18-34(3)23-25-40-36(5)20-15-28-42(40,7)8/h13-14,17-19,22-27,30-32H,11-12,15-16,20-21,28-29H2,1-10H3/q+1/b19-14+,22-13+,25-23+,26-24+,33-17+,34-18+,35-31+. The number of allylic oxidation sites excluding steroid dienone is 16. The molecule has 236 valence electrons. The highest BCUT2D eigenvalue weighted by Crippen LogP contribution is 2.44. The Kier molecular flexibility index (Phi) is 13.0. The summed E-state index contributed by atoms with van der Waals surface area (Å²) in [4.78, 5) is 0. The van der Waals surface area contributed by atoms with Gasteiger partial charge in [0.05, 0.1) is 0 Å². The van der Waals surface area contributed by atoms with Crippen LogP contribution >= 0.6 is 0 Å². The molecule has 44 heavy (non-hydrogen) atoms. The molecule has 2 aliphatic rings. The maximum Gasteiger partial charge on any atom is 0.205 e. The van der Waals surface area contributed by atoms with Gasteiger partial charge >= 0.3 is 0 Å². The van der Waals surface area contributed by atoms with Crippen LogP contribution in [0.5, 0.6) is 0 Å². The average Bonchev–Trinajstić information content (AvgIpc) is 2.96. The highest BCUT2D eigenvalue weighted by atomic mass is 14.9. The van der Waals surface area contributed by atoms with Crippen LogP contribution in [0.4, 0.5) is 0 Å². The molecule has 1 nitrogen and oxygen atoms in total. The first kappa shape index (κ1) is 35.3. The van der Waals surface area contributed by atoms with Crippen LogP contribution in [-0.4, -0.2) is 0 Å². The molecule has 0 aromatic carbocycles. The molecule has 0 saturated heterocycles. The number of hydrogen-bond acceptors (Lipinski definition) is 0. The summed E-state index contributed by atoms with van der Waals surface area (Å²) in [6.45, 7) is 20.7. The monoisotopic (exact) mass is 590 g/mol. The summed E-state index contributed by atoms with van der Waals surface area (Å²) < 4.78 is 2.18. The lowest BCUT2D eigenvalue weighted by molar-refractivity contribution is -0.673. The van der Waals surface area contributed by atoms with Gasteiger partial charge in [-0.1, -0.05) is 111 Å². The Labute approximate surface area is 271 Å². The van der Waals surface area contributed by atoms with E-state index >= 15 is 0 Å². The smallest absolute Gasteiger partial charge is 0.201 e. The van der Waals surface area contributed by atoms with E-state index in [0.29, 0.717) is 5.41 Å². The van der Waals surface area contributed by atoms with E-state index in [2.05, 4.69) is 159 Å². The molecule has 3 rings (SSSR count). The molecular weight excluding hydrogens is 530 g/mol. The van der Waals surface area contributed by atoms with E-state index in [9.17, 15) is 0 Å². The summed E-state index contributed by atoms with van der Waals surface area (Å²) in [7, 11) is 2.11. The fourth-order valence-corrected chi connectivity index (χ4v) is 6.75. The Bertz CT molecular complexity index is 1440. The van der Waals surface area contributed by atoms with Gasteiger partial charge in [0, 0.05) is 18.2 Å². The minimum atomic E-state index is 0.281. The zero-order valence-corrected chi connectivity index (χ0v) is 29.7. The molecule has 0 amide bonds. The first-order valence-electron chi connectivity index (χ1n) is 17.0. The number of pyridine rings is 1. The van der Waals surface area contributed by atoms with Crippen LogP contribution < -0.4 is 4.57 Å². The van der Waals surface area contributed by atoms with Gasteiger partial charge in [0.1, 0.15) is 7.05 Å². The molecule has 0 bridgehead atoms. The lowest BCUT2D eigenvalue weighted by atomic mass is 9.69. The van der Waals surface area contributed by atoms with Gasteiger partial charge in [-0.3, -0.25) is 0 Å². The van der Waals surface area contributed by atoms with E-state index in [4.69, 9.17) is 0 Å². The van der Waals surface area contributed by atoms with Gasteiger partial charge in [-0.25, -0.2) is 4.57 Å². The lowest BCUT2D eigenvalue weighted by Gasteiger charge is -2.35. The molecule has 1 heteroatoms. The van der Waals surface area contributed by atoms with Gasteiger partial charge in [-0.2, -0.15) is 0 Å². The number of hydrogen-bond donors (Lipinski definition) is 0. The summed E-state index contributed by atoms with van der Waals surface area (Å²) in [5.74, 6) is 0. The molecule has 1 heterocycles. The summed E-state index contributed by atoms with van der Waals surface area (Å²) in [6, 6.07) is 4.45. The fraction of sp³-hybridized carbons (Fsp3) is 0.465. The summed E-state index contributed by atoms with van der Waals surface area (Å²) in [6.07, 6.45) is 37.0. The average molecular weight is 591 g/mol. The van der Waals surface area contributed by atoms with Crippen molar-refractivity contribution in [3.8, 4) is 0 Å². The van der Waals surface area contributed by atoms with Crippen molar-refractivity contribution in [1.29, 1.82) is 0 Å². The maximum atomic E-state index is 2.44. The zero-order chi connectivity index (χ0) is 32.3. The predicted molar refractivity (Wildman–Crippen MR) is 195 cm³/mol. The van der Waals surface area contributed by atoms with Crippen molar-refractivity contribution in [2.75, 3.05) is 0 Å². The van der Waals surface area contributed by atoms with Gasteiger partial charge in [-0.15, -0.1) is 0 Å². The fourth-order valence-electron chi connectivity index (χ4n) is 6.75. The molecule has 0 aliphatic heterocycles. The van der Waals surface area contributed by atoms with Gasteiger partial charge in [0.25, 0.3) is 0 Å². The molecule has 0 N–H and O–H groups in total. The minimum Gasteiger partial charge on any atom is -0.201 e. The molecular formula is C43H60N+. The van der Waals surface area contributed by atoms with Crippen LogP contribution in [0.1, 0.15) is 125 Å². The van der Waals surface area contributed by atoms with Crippen LogP contribution in [-0.2, 0) is 7.05 Å². The summed E-state index contributed by atoms with van der Waals surface area (Å²) in [5, 5.41) is 0. The van der Waals surface area contributed by atoms with Crippen molar-refractivity contribution in [2.45, 2.75) is 114 Å².